The Hall–Kier alpha value is -2.43. The molecule has 2 aliphatic rings. The molecule has 0 unspecified atom stereocenters. The summed E-state index contributed by atoms with van der Waals surface area (Å²) < 4.78 is 0. The molecule has 1 aromatic heterocycles. The molecule has 1 spiro atoms. The van der Waals surface area contributed by atoms with E-state index in [1.165, 1.54) is 5.56 Å². The van der Waals surface area contributed by atoms with Gasteiger partial charge in [0.2, 0.25) is 5.91 Å². The van der Waals surface area contributed by atoms with Crippen LogP contribution in [0.1, 0.15) is 30.4 Å². The van der Waals surface area contributed by atoms with Crippen molar-refractivity contribution in [3.63, 3.8) is 0 Å². The molecule has 130 valence electrons. The number of carbonyl (C=O) groups excluding carboxylic acids is 1. The highest BCUT2D eigenvalue weighted by molar-refractivity contribution is 5.79. The average Bonchev–Trinajstić information content (AvgIpc) is 3.03. The van der Waals surface area contributed by atoms with Crippen molar-refractivity contribution in [3.05, 3.63) is 54.0 Å². The number of aromatic nitrogens is 2. The fourth-order valence-corrected chi connectivity index (χ4v) is 4.24. The van der Waals surface area contributed by atoms with Crippen LogP contribution in [0.3, 0.4) is 0 Å². The molecule has 0 bridgehead atoms. The third-order valence-corrected chi connectivity index (χ3v) is 5.69. The number of hydrogen-bond acceptors (Lipinski definition) is 4. The Morgan fingerprint density at radius 2 is 2.16 bits per heavy atom. The first-order valence-electron chi connectivity index (χ1n) is 8.98. The minimum atomic E-state index is 0.262. The fraction of sp³-hybridized carbons (Fsp3) is 0.450. The summed E-state index contributed by atoms with van der Waals surface area (Å²) in [5.74, 6) is 1.15. The number of nitrogens with one attached hydrogen (secondary N) is 1. The van der Waals surface area contributed by atoms with Crippen molar-refractivity contribution >= 4 is 11.7 Å². The molecule has 1 aliphatic heterocycles. The zero-order valence-corrected chi connectivity index (χ0v) is 14.6. The van der Waals surface area contributed by atoms with Crippen molar-refractivity contribution in [2.45, 2.75) is 38.6 Å². The molecule has 1 N–H and O–H groups in total. The van der Waals surface area contributed by atoms with Crippen LogP contribution in [0.5, 0.6) is 0 Å². The Bertz CT molecular complexity index is 755. The highest BCUT2D eigenvalue weighted by Crippen LogP contribution is 2.49. The predicted octanol–water partition coefficient (Wildman–Crippen LogP) is 2.82. The summed E-state index contributed by atoms with van der Waals surface area (Å²) in [6.45, 7) is 3.87. The second-order valence-corrected chi connectivity index (χ2v) is 7.51. The van der Waals surface area contributed by atoms with Crippen molar-refractivity contribution in [2.75, 3.05) is 18.4 Å². The van der Waals surface area contributed by atoms with E-state index in [9.17, 15) is 4.79 Å². The van der Waals surface area contributed by atoms with Gasteiger partial charge in [-0.05, 0) is 48.8 Å². The maximum Gasteiger partial charge on any atom is 0.227 e. The Morgan fingerprint density at radius 3 is 2.92 bits per heavy atom. The van der Waals surface area contributed by atoms with Gasteiger partial charge >= 0.3 is 0 Å². The lowest BCUT2D eigenvalue weighted by atomic mass is 9.65. The molecular weight excluding hydrogens is 312 g/mol. The molecule has 2 fully saturated rings. The van der Waals surface area contributed by atoms with Crippen LogP contribution in [-0.2, 0) is 11.2 Å². The molecule has 1 saturated carbocycles. The van der Waals surface area contributed by atoms with Gasteiger partial charge in [0, 0.05) is 25.3 Å². The van der Waals surface area contributed by atoms with Crippen LogP contribution in [0, 0.1) is 12.3 Å². The SMILES string of the molecule is Cc1ccccc1CC(=O)N1CCC2(CC(Nc3ccncn3)C2)C1. The summed E-state index contributed by atoms with van der Waals surface area (Å²) in [4.78, 5) is 22.9. The summed E-state index contributed by atoms with van der Waals surface area (Å²) >= 11 is 0. The number of likely N-dealkylation sites (tertiary alicyclic amines) is 1. The van der Waals surface area contributed by atoms with E-state index in [4.69, 9.17) is 0 Å². The Morgan fingerprint density at radius 1 is 1.32 bits per heavy atom. The number of anilines is 1. The molecule has 0 radical (unpaired) electrons. The summed E-state index contributed by atoms with van der Waals surface area (Å²) in [7, 11) is 0. The third kappa shape index (κ3) is 3.36. The molecule has 5 heteroatoms. The lowest BCUT2D eigenvalue weighted by Crippen LogP contribution is -2.47. The fourth-order valence-electron chi connectivity index (χ4n) is 4.24. The maximum absolute atomic E-state index is 12.7. The monoisotopic (exact) mass is 336 g/mol. The van der Waals surface area contributed by atoms with Gasteiger partial charge in [-0.1, -0.05) is 24.3 Å². The molecule has 1 aromatic carbocycles. The standard InChI is InChI=1S/C20H24N4O/c1-15-4-2-3-5-16(15)10-19(25)24-9-7-20(13-24)11-17(12-20)23-18-6-8-21-14-22-18/h2-6,8,14,17H,7,9-13H2,1H3,(H,21,22,23). The number of amides is 1. The van der Waals surface area contributed by atoms with E-state index in [2.05, 4.69) is 39.2 Å². The smallest absolute Gasteiger partial charge is 0.227 e. The van der Waals surface area contributed by atoms with Crippen LogP contribution < -0.4 is 5.32 Å². The number of nitrogens with zero attached hydrogens (tertiary/aromatic N) is 3. The Balaban J connectivity index is 1.30. The average molecular weight is 336 g/mol. The molecular formula is C20H24N4O. The molecule has 2 heterocycles. The van der Waals surface area contributed by atoms with Crippen molar-refractivity contribution in [1.29, 1.82) is 0 Å². The van der Waals surface area contributed by atoms with Gasteiger partial charge in [-0.2, -0.15) is 0 Å². The van der Waals surface area contributed by atoms with Crippen molar-refractivity contribution in [1.82, 2.24) is 14.9 Å². The van der Waals surface area contributed by atoms with E-state index in [0.717, 1.165) is 43.7 Å². The second kappa shape index (κ2) is 6.47. The minimum absolute atomic E-state index is 0.262. The molecule has 1 saturated heterocycles. The quantitative estimate of drug-likeness (QED) is 0.933. The van der Waals surface area contributed by atoms with Gasteiger partial charge in [0.15, 0.2) is 0 Å². The zero-order chi connectivity index (χ0) is 17.3. The van der Waals surface area contributed by atoms with Gasteiger partial charge in [0.05, 0.1) is 6.42 Å². The molecule has 5 nitrogen and oxygen atoms in total. The number of rotatable bonds is 4. The second-order valence-electron chi connectivity index (χ2n) is 7.51. The Labute approximate surface area is 148 Å². The van der Waals surface area contributed by atoms with Crippen LogP contribution in [0.4, 0.5) is 5.82 Å². The molecule has 2 aromatic rings. The predicted molar refractivity (Wildman–Crippen MR) is 97.2 cm³/mol. The first kappa shape index (κ1) is 16.1. The van der Waals surface area contributed by atoms with Gasteiger partial charge in [0.25, 0.3) is 0 Å². The topological polar surface area (TPSA) is 58.1 Å². The molecule has 0 atom stereocenters. The van der Waals surface area contributed by atoms with E-state index >= 15 is 0 Å². The minimum Gasteiger partial charge on any atom is -0.367 e. The number of hydrogen-bond donors (Lipinski definition) is 1. The van der Waals surface area contributed by atoms with Gasteiger partial charge < -0.3 is 10.2 Å². The normalized spacial score (nSPS) is 25.0. The third-order valence-electron chi connectivity index (χ3n) is 5.69. The van der Waals surface area contributed by atoms with Crippen molar-refractivity contribution < 1.29 is 4.79 Å². The van der Waals surface area contributed by atoms with Gasteiger partial charge in [-0.3, -0.25) is 4.79 Å². The summed E-state index contributed by atoms with van der Waals surface area (Å²) in [6.07, 6.45) is 7.19. The van der Waals surface area contributed by atoms with E-state index in [1.807, 2.05) is 18.2 Å². The highest BCUT2D eigenvalue weighted by atomic mass is 16.2. The van der Waals surface area contributed by atoms with Crippen LogP contribution in [0.15, 0.2) is 42.9 Å². The maximum atomic E-state index is 12.7. The van der Waals surface area contributed by atoms with E-state index in [0.29, 0.717) is 17.9 Å². The zero-order valence-electron chi connectivity index (χ0n) is 14.6. The number of aryl methyl sites for hydroxylation is 1. The molecule has 25 heavy (non-hydrogen) atoms. The van der Waals surface area contributed by atoms with Crippen LogP contribution in [-0.4, -0.2) is 39.9 Å². The van der Waals surface area contributed by atoms with Gasteiger partial charge in [-0.15, -0.1) is 0 Å². The van der Waals surface area contributed by atoms with Gasteiger partial charge in [0.1, 0.15) is 12.1 Å². The van der Waals surface area contributed by atoms with Crippen molar-refractivity contribution in [2.24, 2.45) is 5.41 Å². The molecule has 1 aliphatic carbocycles. The van der Waals surface area contributed by atoms with E-state index in [-0.39, 0.29) is 5.91 Å². The molecule has 4 rings (SSSR count). The lowest BCUT2D eigenvalue weighted by molar-refractivity contribution is -0.130. The number of benzene rings is 1. The van der Waals surface area contributed by atoms with Crippen LogP contribution in [0.25, 0.3) is 0 Å². The largest absolute Gasteiger partial charge is 0.367 e. The first-order valence-corrected chi connectivity index (χ1v) is 8.98. The van der Waals surface area contributed by atoms with Crippen LogP contribution >= 0.6 is 0 Å². The lowest BCUT2D eigenvalue weighted by Gasteiger charge is -2.45. The Kier molecular flexibility index (Phi) is 4.15. The summed E-state index contributed by atoms with van der Waals surface area (Å²) in [6, 6.07) is 10.5. The highest BCUT2D eigenvalue weighted by Gasteiger charge is 2.49. The van der Waals surface area contributed by atoms with Crippen LogP contribution in [0.2, 0.25) is 0 Å². The number of carbonyl (C=O) groups is 1. The van der Waals surface area contributed by atoms with E-state index < -0.39 is 0 Å². The van der Waals surface area contributed by atoms with Crippen molar-refractivity contribution in [3.8, 4) is 0 Å². The molecule has 1 amide bonds. The van der Waals surface area contributed by atoms with Gasteiger partial charge in [-0.25, -0.2) is 9.97 Å². The van der Waals surface area contributed by atoms with E-state index in [1.54, 1.807) is 12.5 Å². The first-order chi connectivity index (χ1) is 12.1. The summed E-state index contributed by atoms with van der Waals surface area (Å²) in [5.41, 5.74) is 2.65. The summed E-state index contributed by atoms with van der Waals surface area (Å²) in [5, 5.41) is 3.47.